The van der Waals surface area contributed by atoms with Crippen molar-refractivity contribution in [3.05, 3.63) is 0 Å². The number of carboxylic acid groups (broad SMARTS) is 1. The Hall–Kier alpha value is -2.89. The molecule has 0 radical (unpaired) electrons. The predicted molar refractivity (Wildman–Crippen MR) is 103 cm³/mol. The van der Waals surface area contributed by atoms with Crippen LogP contribution in [-0.4, -0.2) is 59.4 Å². The lowest BCUT2D eigenvalue weighted by Crippen LogP contribution is -2.55. The smallest absolute Gasteiger partial charge is 0.326 e. The molecular formula is C16H31N7O5. The molecule has 0 bridgehead atoms. The molecule has 3 amide bonds. The molecule has 0 aliphatic heterocycles. The van der Waals surface area contributed by atoms with E-state index < -0.39 is 48.2 Å². The Balaban J connectivity index is 5.19. The quantitative estimate of drug-likeness (QED) is 0.0975. The minimum atomic E-state index is -1.51. The fourth-order valence-corrected chi connectivity index (χ4v) is 2.23. The van der Waals surface area contributed by atoms with Crippen LogP contribution in [0.1, 0.15) is 39.5 Å². The summed E-state index contributed by atoms with van der Waals surface area (Å²) in [6, 6.07) is -3.42. The fourth-order valence-electron chi connectivity index (χ4n) is 2.23. The number of hydrogen-bond acceptors (Lipinski definition) is 6. The molecular weight excluding hydrogens is 370 g/mol. The lowest BCUT2D eigenvalue weighted by molar-refractivity contribution is -0.143. The second kappa shape index (κ2) is 12.5. The number of nitrogens with zero attached hydrogens (tertiary/aromatic N) is 1. The van der Waals surface area contributed by atoms with Crippen molar-refractivity contribution in [3.63, 3.8) is 0 Å². The van der Waals surface area contributed by atoms with Gasteiger partial charge >= 0.3 is 5.97 Å². The van der Waals surface area contributed by atoms with Gasteiger partial charge in [0.25, 0.3) is 0 Å². The Morgan fingerprint density at radius 1 is 1.04 bits per heavy atom. The van der Waals surface area contributed by atoms with E-state index >= 15 is 0 Å². The average molecular weight is 401 g/mol. The highest BCUT2D eigenvalue weighted by Crippen LogP contribution is 2.07. The molecule has 0 heterocycles. The van der Waals surface area contributed by atoms with E-state index in [9.17, 15) is 19.2 Å². The molecule has 0 spiro atoms. The van der Waals surface area contributed by atoms with Crippen LogP contribution in [0, 0.1) is 5.92 Å². The van der Waals surface area contributed by atoms with Gasteiger partial charge in [-0.2, -0.15) is 0 Å². The number of carbonyl (C=O) groups is 4. The first-order chi connectivity index (χ1) is 13.0. The van der Waals surface area contributed by atoms with Crippen LogP contribution in [-0.2, 0) is 19.2 Å². The number of primary amides is 1. The summed E-state index contributed by atoms with van der Waals surface area (Å²) in [5.41, 5.74) is 21.3. The van der Waals surface area contributed by atoms with Gasteiger partial charge in [0.2, 0.25) is 17.7 Å². The molecule has 12 nitrogen and oxygen atoms in total. The zero-order valence-electron chi connectivity index (χ0n) is 16.2. The molecule has 0 aliphatic carbocycles. The molecule has 4 atom stereocenters. The van der Waals surface area contributed by atoms with Gasteiger partial charge < -0.3 is 38.7 Å². The maximum Gasteiger partial charge on any atom is 0.326 e. The van der Waals surface area contributed by atoms with E-state index in [4.69, 9.17) is 28.0 Å². The highest BCUT2D eigenvalue weighted by molar-refractivity contribution is 5.93. The first-order valence-corrected chi connectivity index (χ1v) is 8.92. The number of rotatable bonds is 13. The zero-order valence-corrected chi connectivity index (χ0v) is 16.2. The Morgan fingerprint density at radius 3 is 2.07 bits per heavy atom. The van der Waals surface area contributed by atoms with Crippen molar-refractivity contribution in [3.8, 4) is 0 Å². The summed E-state index contributed by atoms with van der Waals surface area (Å²) in [7, 11) is 0. The average Bonchev–Trinajstić information content (AvgIpc) is 2.61. The number of carboxylic acids is 1. The normalized spacial score (nSPS) is 14.8. The van der Waals surface area contributed by atoms with Gasteiger partial charge in [-0.25, -0.2) is 4.79 Å². The van der Waals surface area contributed by atoms with Crippen LogP contribution in [0.4, 0.5) is 0 Å². The number of amides is 3. The topological polar surface area (TPSA) is 229 Å². The molecule has 0 saturated heterocycles. The SMILES string of the molecule is CCC(C)C(N)C(=O)NC(CCCN=C(N)N)C(=O)NC(CC(N)=O)C(=O)O. The minimum absolute atomic E-state index is 0.115. The summed E-state index contributed by atoms with van der Waals surface area (Å²) in [5, 5.41) is 13.9. The van der Waals surface area contributed by atoms with E-state index in [2.05, 4.69) is 15.6 Å². The van der Waals surface area contributed by atoms with Crippen molar-refractivity contribution in [2.75, 3.05) is 6.54 Å². The third-order valence-corrected chi connectivity index (χ3v) is 4.16. The van der Waals surface area contributed by atoms with Crippen molar-refractivity contribution in [1.29, 1.82) is 0 Å². The van der Waals surface area contributed by atoms with Crippen molar-refractivity contribution < 1.29 is 24.3 Å². The predicted octanol–water partition coefficient (Wildman–Crippen LogP) is -2.66. The number of aliphatic carboxylic acids is 1. The van der Waals surface area contributed by atoms with Crippen LogP contribution < -0.4 is 33.6 Å². The van der Waals surface area contributed by atoms with Crippen molar-refractivity contribution in [2.24, 2.45) is 33.8 Å². The van der Waals surface area contributed by atoms with Crippen LogP contribution in [0.5, 0.6) is 0 Å². The Kier molecular flexibility index (Phi) is 11.2. The maximum atomic E-state index is 12.5. The number of hydrogen-bond donors (Lipinski definition) is 7. The minimum Gasteiger partial charge on any atom is -0.480 e. The van der Waals surface area contributed by atoms with Crippen molar-refractivity contribution >= 4 is 29.7 Å². The van der Waals surface area contributed by atoms with Crippen molar-refractivity contribution in [1.82, 2.24) is 10.6 Å². The van der Waals surface area contributed by atoms with E-state index in [0.29, 0.717) is 12.8 Å². The van der Waals surface area contributed by atoms with E-state index in [0.717, 1.165) is 0 Å². The zero-order chi connectivity index (χ0) is 21.9. The Morgan fingerprint density at radius 2 is 1.61 bits per heavy atom. The Bertz CT molecular complexity index is 592. The van der Waals surface area contributed by atoms with Gasteiger partial charge in [0, 0.05) is 6.54 Å². The van der Waals surface area contributed by atoms with Crippen LogP contribution in [0.2, 0.25) is 0 Å². The molecule has 0 rings (SSSR count). The molecule has 11 N–H and O–H groups in total. The number of nitrogens with one attached hydrogen (secondary N) is 2. The van der Waals surface area contributed by atoms with Gasteiger partial charge in [-0.3, -0.25) is 19.4 Å². The number of aliphatic imine (C=N–C) groups is 1. The molecule has 0 aliphatic rings. The monoisotopic (exact) mass is 401 g/mol. The largest absolute Gasteiger partial charge is 0.480 e. The first kappa shape index (κ1) is 25.1. The maximum absolute atomic E-state index is 12.5. The summed E-state index contributed by atoms with van der Waals surface area (Å²) in [6.45, 7) is 3.88. The summed E-state index contributed by atoms with van der Waals surface area (Å²) in [6.07, 6.45) is 0.546. The van der Waals surface area contributed by atoms with Gasteiger partial charge in [-0.05, 0) is 18.8 Å². The van der Waals surface area contributed by atoms with E-state index in [1.807, 2.05) is 6.92 Å². The van der Waals surface area contributed by atoms with Crippen molar-refractivity contribution in [2.45, 2.75) is 57.7 Å². The van der Waals surface area contributed by atoms with Gasteiger partial charge in [0.15, 0.2) is 5.96 Å². The van der Waals surface area contributed by atoms with E-state index in [1.54, 1.807) is 6.92 Å². The van der Waals surface area contributed by atoms with Crippen LogP contribution in [0.15, 0.2) is 4.99 Å². The molecule has 12 heteroatoms. The number of guanidine groups is 1. The molecule has 160 valence electrons. The number of carbonyl (C=O) groups excluding carboxylic acids is 3. The highest BCUT2D eigenvalue weighted by atomic mass is 16.4. The lowest BCUT2D eigenvalue weighted by atomic mass is 9.98. The second-order valence-electron chi connectivity index (χ2n) is 6.49. The van der Waals surface area contributed by atoms with E-state index in [-0.39, 0.29) is 24.8 Å². The van der Waals surface area contributed by atoms with Crippen LogP contribution in [0.3, 0.4) is 0 Å². The fraction of sp³-hybridized carbons (Fsp3) is 0.688. The van der Waals surface area contributed by atoms with Crippen LogP contribution >= 0.6 is 0 Å². The molecule has 0 aromatic heterocycles. The third kappa shape index (κ3) is 9.71. The molecule has 0 saturated carbocycles. The van der Waals surface area contributed by atoms with Gasteiger partial charge in [0.05, 0.1) is 12.5 Å². The standard InChI is InChI=1S/C16H31N7O5/c1-3-8(2)12(18)14(26)22-9(5-4-6-21-16(19)20)13(25)23-10(15(27)28)7-11(17)24/h8-10,12H,3-7,18H2,1-2H3,(H2,17,24)(H,22,26)(H,23,25)(H,27,28)(H4,19,20,21). The lowest BCUT2D eigenvalue weighted by Gasteiger charge is -2.24. The molecule has 28 heavy (non-hydrogen) atoms. The molecule has 0 fully saturated rings. The van der Waals surface area contributed by atoms with E-state index in [1.165, 1.54) is 0 Å². The summed E-state index contributed by atoms with van der Waals surface area (Å²) < 4.78 is 0. The second-order valence-corrected chi connectivity index (χ2v) is 6.49. The summed E-state index contributed by atoms with van der Waals surface area (Å²) >= 11 is 0. The first-order valence-electron chi connectivity index (χ1n) is 8.92. The third-order valence-electron chi connectivity index (χ3n) is 4.16. The number of nitrogens with two attached hydrogens (primary N) is 4. The molecule has 0 aromatic carbocycles. The molecule has 4 unspecified atom stereocenters. The molecule has 0 aromatic rings. The van der Waals surface area contributed by atoms with Gasteiger partial charge in [-0.15, -0.1) is 0 Å². The highest BCUT2D eigenvalue weighted by Gasteiger charge is 2.29. The van der Waals surface area contributed by atoms with Gasteiger partial charge in [-0.1, -0.05) is 20.3 Å². The summed E-state index contributed by atoms with van der Waals surface area (Å²) in [4.78, 5) is 50.8. The van der Waals surface area contributed by atoms with Crippen LogP contribution in [0.25, 0.3) is 0 Å². The summed E-state index contributed by atoms with van der Waals surface area (Å²) in [5.74, 6) is -3.86. The van der Waals surface area contributed by atoms with Gasteiger partial charge in [0.1, 0.15) is 12.1 Å². The Labute approximate surface area is 163 Å².